The molecule has 0 atom stereocenters. The summed E-state index contributed by atoms with van der Waals surface area (Å²) in [5.41, 5.74) is 0.358. The normalized spacial score (nSPS) is 9.65. The van der Waals surface area contributed by atoms with Crippen molar-refractivity contribution in [3.63, 3.8) is 0 Å². The molecular formula is C11H9N3NaO2. The SMILES string of the molecule is CCc1cc2c(O)c(C#N)c(=O)[nH]c2cn1.[Na]. The molecule has 81 valence electrons. The van der Waals surface area contributed by atoms with Crippen molar-refractivity contribution in [2.45, 2.75) is 13.3 Å². The summed E-state index contributed by atoms with van der Waals surface area (Å²) in [6.07, 6.45) is 2.20. The Kier molecular flexibility index (Phi) is 4.29. The van der Waals surface area contributed by atoms with Crippen LogP contribution in [0.5, 0.6) is 5.75 Å². The minimum Gasteiger partial charge on any atom is -0.506 e. The molecule has 2 heterocycles. The van der Waals surface area contributed by atoms with E-state index in [4.69, 9.17) is 5.26 Å². The summed E-state index contributed by atoms with van der Waals surface area (Å²) in [6.45, 7) is 1.93. The van der Waals surface area contributed by atoms with E-state index in [1.165, 1.54) is 6.20 Å². The minimum absolute atomic E-state index is 0. The maximum Gasteiger partial charge on any atom is 0.270 e. The number of aromatic amines is 1. The van der Waals surface area contributed by atoms with E-state index in [0.717, 1.165) is 12.1 Å². The number of aromatic nitrogens is 2. The van der Waals surface area contributed by atoms with Crippen molar-refractivity contribution in [1.82, 2.24) is 9.97 Å². The monoisotopic (exact) mass is 238 g/mol. The van der Waals surface area contributed by atoms with E-state index in [1.807, 2.05) is 6.92 Å². The molecule has 1 radical (unpaired) electrons. The zero-order chi connectivity index (χ0) is 11.7. The molecule has 0 aromatic carbocycles. The van der Waals surface area contributed by atoms with Crippen molar-refractivity contribution in [2.75, 3.05) is 0 Å². The van der Waals surface area contributed by atoms with Crippen LogP contribution in [0.1, 0.15) is 18.2 Å². The van der Waals surface area contributed by atoms with Crippen molar-refractivity contribution < 1.29 is 5.11 Å². The zero-order valence-corrected chi connectivity index (χ0v) is 11.6. The van der Waals surface area contributed by atoms with Gasteiger partial charge in [0.05, 0.1) is 11.7 Å². The van der Waals surface area contributed by atoms with Gasteiger partial charge in [0.25, 0.3) is 5.56 Å². The first-order valence-electron chi connectivity index (χ1n) is 4.81. The first-order chi connectivity index (χ1) is 7.67. The number of fused-ring (bicyclic) bond motifs is 1. The molecule has 0 unspecified atom stereocenters. The fourth-order valence-corrected chi connectivity index (χ4v) is 1.52. The molecule has 0 saturated heterocycles. The van der Waals surface area contributed by atoms with Crippen LogP contribution < -0.4 is 5.56 Å². The number of H-pyrrole nitrogens is 1. The molecule has 0 bridgehead atoms. The third kappa shape index (κ3) is 2.34. The van der Waals surface area contributed by atoms with Crippen molar-refractivity contribution in [1.29, 1.82) is 5.26 Å². The molecule has 0 aliphatic carbocycles. The Hall–Kier alpha value is -1.35. The first kappa shape index (κ1) is 13.7. The molecule has 6 heteroatoms. The number of hydrogen-bond donors (Lipinski definition) is 2. The van der Waals surface area contributed by atoms with E-state index >= 15 is 0 Å². The molecule has 0 spiro atoms. The Morgan fingerprint density at radius 2 is 2.29 bits per heavy atom. The molecule has 2 aromatic rings. The van der Waals surface area contributed by atoms with Crippen molar-refractivity contribution in [3.8, 4) is 11.8 Å². The molecule has 0 aliphatic rings. The van der Waals surface area contributed by atoms with Gasteiger partial charge in [-0.25, -0.2) is 0 Å². The van der Waals surface area contributed by atoms with Crippen LogP contribution in [0.3, 0.4) is 0 Å². The predicted octanol–water partition coefficient (Wildman–Crippen LogP) is 0.682. The maximum absolute atomic E-state index is 11.4. The first-order valence-corrected chi connectivity index (χ1v) is 4.81. The number of nitrogens with zero attached hydrogens (tertiary/aromatic N) is 2. The van der Waals surface area contributed by atoms with E-state index in [9.17, 15) is 9.90 Å². The molecular weight excluding hydrogens is 229 g/mol. The Balaban J connectivity index is 0.00000144. The molecule has 0 fully saturated rings. The average Bonchev–Trinajstić information content (AvgIpc) is 2.29. The number of pyridine rings is 2. The third-order valence-corrected chi connectivity index (χ3v) is 2.40. The van der Waals surface area contributed by atoms with Gasteiger partial charge in [0.2, 0.25) is 0 Å². The second kappa shape index (κ2) is 5.32. The summed E-state index contributed by atoms with van der Waals surface area (Å²) in [5.74, 6) is -0.279. The Labute approximate surface area is 119 Å². The van der Waals surface area contributed by atoms with Gasteiger partial charge in [0, 0.05) is 40.6 Å². The van der Waals surface area contributed by atoms with E-state index in [2.05, 4.69) is 9.97 Å². The van der Waals surface area contributed by atoms with Gasteiger partial charge in [-0.2, -0.15) is 5.26 Å². The number of aryl methyl sites for hydroxylation is 1. The number of rotatable bonds is 1. The van der Waals surface area contributed by atoms with Crippen LogP contribution in [-0.4, -0.2) is 44.6 Å². The number of hydrogen-bond acceptors (Lipinski definition) is 4. The molecule has 2 rings (SSSR count). The Bertz CT molecular complexity index is 658. The van der Waals surface area contributed by atoms with Crippen LogP contribution in [0.4, 0.5) is 0 Å². The second-order valence-corrected chi connectivity index (χ2v) is 3.36. The predicted molar refractivity (Wildman–Crippen MR) is 63.9 cm³/mol. The second-order valence-electron chi connectivity index (χ2n) is 3.36. The van der Waals surface area contributed by atoms with Gasteiger partial charge in [-0.3, -0.25) is 9.78 Å². The molecule has 0 saturated carbocycles. The zero-order valence-electron chi connectivity index (χ0n) is 9.61. The van der Waals surface area contributed by atoms with Crippen LogP contribution in [0.15, 0.2) is 17.1 Å². The maximum atomic E-state index is 11.4. The van der Waals surface area contributed by atoms with Gasteiger partial charge in [-0.1, -0.05) is 6.92 Å². The summed E-state index contributed by atoms with van der Waals surface area (Å²) in [6, 6.07) is 3.35. The Morgan fingerprint density at radius 3 is 2.88 bits per heavy atom. The molecule has 5 nitrogen and oxygen atoms in total. The van der Waals surface area contributed by atoms with Crippen LogP contribution >= 0.6 is 0 Å². The van der Waals surface area contributed by atoms with Crippen LogP contribution in [-0.2, 0) is 6.42 Å². The standard InChI is InChI=1S/C11H9N3O2.Na/c1-2-6-3-7-9(5-13-6)14-11(16)8(4-12)10(7)15;/h3,5H,2H2,1H3,(H2,14,15,16);. The van der Waals surface area contributed by atoms with Crippen molar-refractivity contribution in [2.24, 2.45) is 0 Å². The van der Waals surface area contributed by atoms with E-state index in [0.29, 0.717) is 10.9 Å². The summed E-state index contributed by atoms with van der Waals surface area (Å²) < 4.78 is 0. The Morgan fingerprint density at radius 1 is 1.59 bits per heavy atom. The topological polar surface area (TPSA) is 89.8 Å². The summed E-state index contributed by atoms with van der Waals surface area (Å²) in [5, 5.41) is 19.0. The van der Waals surface area contributed by atoms with Gasteiger partial charge >= 0.3 is 0 Å². The van der Waals surface area contributed by atoms with Crippen molar-refractivity contribution in [3.05, 3.63) is 33.9 Å². The molecule has 2 N–H and O–H groups in total. The van der Waals surface area contributed by atoms with Crippen LogP contribution in [0.25, 0.3) is 10.9 Å². The smallest absolute Gasteiger partial charge is 0.270 e. The van der Waals surface area contributed by atoms with Crippen molar-refractivity contribution >= 4 is 40.5 Å². The average molecular weight is 238 g/mol. The van der Waals surface area contributed by atoms with Gasteiger partial charge < -0.3 is 10.1 Å². The van der Waals surface area contributed by atoms with E-state index < -0.39 is 5.56 Å². The van der Waals surface area contributed by atoms with Gasteiger partial charge in [0.1, 0.15) is 11.8 Å². The van der Waals surface area contributed by atoms with Gasteiger partial charge in [-0.05, 0) is 12.5 Å². The molecule has 0 amide bonds. The quantitative estimate of drug-likeness (QED) is 0.715. The summed E-state index contributed by atoms with van der Waals surface area (Å²) >= 11 is 0. The van der Waals surface area contributed by atoms with E-state index in [-0.39, 0.29) is 40.9 Å². The third-order valence-electron chi connectivity index (χ3n) is 2.40. The van der Waals surface area contributed by atoms with E-state index in [1.54, 1.807) is 12.1 Å². The van der Waals surface area contributed by atoms with Crippen LogP contribution in [0, 0.1) is 11.3 Å². The van der Waals surface area contributed by atoms with Crippen LogP contribution in [0.2, 0.25) is 0 Å². The molecule has 0 aliphatic heterocycles. The summed E-state index contributed by atoms with van der Waals surface area (Å²) in [7, 11) is 0. The van der Waals surface area contributed by atoms with Gasteiger partial charge in [0.15, 0.2) is 5.56 Å². The van der Waals surface area contributed by atoms with Gasteiger partial charge in [-0.15, -0.1) is 0 Å². The minimum atomic E-state index is -0.599. The summed E-state index contributed by atoms with van der Waals surface area (Å²) in [4.78, 5) is 18.0. The molecule has 2 aromatic heterocycles. The number of aromatic hydroxyl groups is 1. The fourth-order valence-electron chi connectivity index (χ4n) is 1.52. The number of nitrogens with one attached hydrogen (secondary N) is 1. The number of nitriles is 1. The molecule has 17 heavy (non-hydrogen) atoms. The fraction of sp³-hybridized carbons (Fsp3) is 0.182. The largest absolute Gasteiger partial charge is 0.506 e.